The fourth-order valence-electron chi connectivity index (χ4n) is 5.13. The molecule has 2 saturated heterocycles. The van der Waals surface area contributed by atoms with Crippen LogP contribution >= 0.6 is 0 Å². The minimum absolute atomic E-state index is 0.0289. The van der Waals surface area contributed by atoms with Crippen molar-refractivity contribution in [3.63, 3.8) is 0 Å². The number of anilines is 1. The Labute approximate surface area is 210 Å². The van der Waals surface area contributed by atoms with Crippen LogP contribution in [0.1, 0.15) is 44.2 Å². The maximum atomic E-state index is 14.0. The molecule has 188 valence electrons. The summed E-state index contributed by atoms with van der Waals surface area (Å²) in [7, 11) is 0. The van der Waals surface area contributed by atoms with Crippen LogP contribution in [0.4, 0.5) is 10.2 Å². The molecule has 1 unspecified atom stereocenters. The van der Waals surface area contributed by atoms with E-state index in [0.717, 1.165) is 51.0 Å². The summed E-state index contributed by atoms with van der Waals surface area (Å²) in [5, 5.41) is 12.4. The molecule has 0 bridgehead atoms. The number of aryl methyl sites for hydroxylation is 1. The smallest absolute Gasteiger partial charge is 0.236 e. The molecule has 2 fully saturated rings. The van der Waals surface area contributed by atoms with E-state index >= 15 is 0 Å². The third-order valence-corrected chi connectivity index (χ3v) is 6.94. The lowest BCUT2D eigenvalue weighted by Crippen LogP contribution is -2.45. The van der Waals surface area contributed by atoms with E-state index in [1.807, 2.05) is 12.1 Å². The van der Waals surface area contributed by atoms with Crippen LogP contribution in [0.3, 0.4) is 0 Å². The molecule has 1 N–H and O–H groups in total. The number of pyridine rings is 1. The number of hydrogen-bond donors (Lipinski definition) is 1. The highest BCUT2D eigenvalue weighted by atomic mass is 19.1. The normalized spacial score (nSPS) is 18.4. The number of nitrogens with one attached hydrogen (secondary N) is 1. The molecule has 36 heavy (non-hydrogen) atoms. The molecule has 10 heteroatoms. The molecule has 2 aliphatic rings. The predicted molar refractivity (Wildman–Crippen MR) is 134 cm³/mol. The molecule has 9 nitrogen and oxygen atoms in total. The fourth-order valence-corrected chi connectivity index (χ4v) is 5.13. The molecule has 3 aromatic rings. The molecule has 0 radical (unpaired) electrons. The highest BCUT2D eigenvalue weighted by Gasteiger charge is 2.24. The molecule has 1 amide bonds. The van der Waals surface area contributed by atoms with Crippen LogP contribution in [0, 0.1) is 17.1 Å². The Morgan fingerprint density at radius 3 is 2.89 bits per heavy atom. The van der Waals surface area contributed by atoms with Gasteiger partial charge in [-0.3, -0.25) is 9.20 Å². The molecular formula is C26H31FN8O. The Balaban J connectivity index is 1.39. The number of amides is 1. The van der Waals surface area contributed by atoms with Gasteiger partial charge in [0.05, 0.1) is 12.3 Å². The van der Waals surface area contributed by atoms with Gasteiger partial charge in [-0.05, 0) is 70.3 Å². The van der Waals surface area contributed by atoms with Gasteiger partial charge in [-0.2, -0.15) is 5.26 Å². The largest absolute Gasteiger partial charge is 0.365 e. The highest BCUT2D eigenvalue weighted by molar-refractivity contribution is 5.78. The van der Waals surface area contributed by atoms with E-state index in [0.29, 0.717) is 36.1 Å². The van der Waals surface area contributed by atoms with Crippen molar-refractivity contribution < 1.29 is 9.18 Å². The summed E-state index contributed by atoms with van der Waals surface area (Å²) in [5.74, 6) is 0.679. The van der Waals surface area contributed by atoms with Crippen molar-refractivity contribution in [2.75, 3.05) is 38.0 Å². The average molecular weight is 491 g/mol. The van der Waals surface area contributed by atoms with Crippen molar-refractivity contribution in [2.45, 2.75) is 51.0 Å². The topological polar surface area (TPSA) is 102 Å². The van der Waals surface area contributed by atoms with Gasteiger partial charge in [0.25, 0.3) is 0 Å². The summed E-state index contributed by atoms with van der Waals surface area (Å²) in [5.41, 5.74) is 2.17. The van der Waals surface area contributed by atoms with Gasteiger partial charge in [-0.15, -0.1) is 0 Å². The van der Waals surface area contributed by atoms with Gasteiger partial charge in [0.2, 0.25) is 5.91 Å². The number of imidazole rings is 1. The van der Waals surface area contributed by atoms with Crippen molar-refractivity contribution in [3.05, 3.63) is 42.1 Å². The summed E-state index contributed by atoms with van der Waals surface area (Å²) in [6.07, 6.45) is 9.08. The number of carbonyl (C=O) groups is 1. The molecule has 1 atom stereocenters. The van der Waals surface area contributed by atoms with E-state index in [9.17, 15) is 9.18 Å². The zero-order valence-corrected chi connectivity index (χ0v) is 20.4. The number of carbonyl (C=O) groups excluding carboxylic acids is 1. The minimum atomic E-state index is -0.355. The molecule has 0 spiro atoms. The number of likely N-dealkylation sites (tertiary alicyclic amines) is 2. The van der Waals surface area contributed by atoms with Gasteiger partial charge in [-0.1, -0.05) is 0 Å². The zero-order chi connectivity index (χ0) is 24.9. The Hall–Kier alpha value is -3.58. The van der Waals surface area contributed by atoms with Gasteiger partial charge in [-0.25, -0.2) is 19.3 Å². The van der Waals surface area contributed by atoms with Gasteiger partial charge >= 0.3 is 0 Å². The average Bonchev–Trinajstić information content (AvgIpc) is 3.54. The van der Waals surface area contributed by atoms with E-state index in [1.165, 1.54) is 25.1 Å². The summed E-state index contributed by atoms with van der Waals surface area (Å²) in [6.45, 7) is 4.57. The lowest BCUT2D eigenvalue weighted by molar-refractivity contribution is -0.131. The Morgan fingerprint density at radius 2 is 2.06 bits per heavy atom. The first-order chi connectivity index (χ1) is 17.6. The van der Waals surface area contributed by atoms with Crippen molar-refractivity contribution in [3.8, 4) is 17.6 Å². The molecule has 0 aromatic carbocycles. The number of halogens is 1. The summed E-state index contributed by atoms with van der Waals surface area (Å²) in [4.78, 5) is 30.5. The number of hydrogen-bond acceptors (Lipinski definition) is 7. The molecule has 3 aromatic heterocycles. The first-order valence-electron chi connectivity index (χ1n) is 12.7. The van der Waals surface area contributed by atoms with Crippen LogP contribution in [0.2, 0.25) is 0 Å². The Morgan fingerprint density at radius 1 is 1.19 bits per heavy atom. The van der Waals surface area contributed by atoms with Crippen LogP contribution in [-0.4, -0.2) is 73.8 Å². The van der Waals surface area contributed by atoms with Crippen molar-refractivity contribution >= 4 is 17.4 Å². The second kappa shape index (κ2) is 11.0. The number of nitrogens with zero attached hydrogens (tertiary/aromatic N) is 7. The highest BCUT2D eigenvalue weighted by Crippen LogP contribution is 2.23. The van der Waals surface area contributed by atoms with Crippen LogP contribution in [-0.2, 0) is 11.2 Å². The maximum Gasteiger partial charge on any atom is 0.236 e. The van der Waals surface area contributed by atoms with Crippen LogP contribution in [0.25, 0.3) is 17.2 Å². The number of nitriles is 1. The molecule has 5 rings (SSSR count). The second-order valence-corrected chi connectivity index (χ2v) is 9.60. The van der Waals surface area contributed by atoms with Gasteiger partial charge in [0.1, 0.15) is 29.4 Å². The van der Waals surface area contributed by atoms with Crippen molar-refractivity contribution in [1.29, 1.82) is 5.26 Å². The van der Waals surface area contributed by atoms with Crippen molar-refractivity contribution in [1.82, 2.24) is 29.2 Å². The van der Waals surface area contributed by atoms with Crippen molar-refractivity contribution in [2.24, 2.45) is 0 Å². The second-order valence-electron chi connectivity index (χ2n) is 9.60. The van der Waals surface area contributed by atoms with E-state index in [1.54, 1.807) is 21.6 Å². The molecule has 2 aliphatic heterocycles. The fraction of sp³-hybridized carbons (Fsp3) is 0.500. The number of aromatic nitrogens is 4. The lowest BCUT2D eigenvalue weighted by atomic mass is 10.1. The predicted octanol–water partition coefficient (Wildman–Crippen LogP) is 3.28. The number of rotatable bonds is 8. The maximum absolute atomic E-state index is 14.0. The molecule has 0 saturated carbocycles. The first kappa shape index (κ1) is 24.1. The Kier molecular flexibility index (Phi) is 7.37. The van der Waals surface area contributed by atoms with Crippen LogP contribution in [0.5, 0.6) is 0 Å². The van der Waals surface area contributed by atoms with Crippen LogP contribution in [0.15, 0.2) is 30.6 Å². The molecular weight excluding hydrogens is 459 g/mol. The molecule has 0 aliphatic carbocycles. The standard InChI is InChI=1S/C26H31FN8O/c27-19-7-8-24-29-16-22(35(24)17-19)26-31-20(5-3-13-33-11-1-2-12-33)15-23(32-26)30-21-6-4-14-34(18-21)25(36)9-10-28/h7-8,15-17,21H,1-6,9,11-14,18H2,(H,30,31,32). The van der Waals surface area contributed by atoms with Gasteiger partial charge in [0.15, 0.2) is 5.82 Å². The van der Waals surface area contributed by atoms with E-state index in [2.05, 4.69) is 15.2 Å². The lowest BCUT2D eigenvalue weighted by Gasteiger charge is -2.33. The monoisotopic (exact) mass is 490 g/mol. The number of piperidine rings is 1. The van der Waals surface area contributed by atoms with Gasteiger partial charge in [0, 0.05) is 37.1 Å². The first-order valence-corrected chi connectivity index (χ1v) is 12.7. The molecule has 5 heterocycles. The van der Waals surface area contributed by atoms with E-state index < -0.39 is 0 Å². The summed E-state index contributed by atoms with van der Waals surface area (Å²) >= 11 is 0. The summed E-state index contributed by atoms with van der Waals surface area (Å²) < 4.78 is 15.7. The SMILES string of the molecule is N#CCC(=O)N1CCCC(Nc2cc(CCCN3CCCC3)nc(-c3cnc4ccc(F)cn34)n2)C1. The van der Waals surface area contributed by atoms with E-state index in [4.69, 9.17) is 15.2 Å². The zero-order valence-electron chi connectivity index (χ0n) is 20.4. The summed E-state index contributed by atoms with van der Waals surface area (Å²) in [6, 6.07) is 6.97. The van der Waals surface area contributed by atoms with E-state index in [-0.39, 0.29) is 24.2 Å². The minimum Gasteiger partial charge on any atom is -0.365 e. The van der Waals surface area contributed by atoms with Gasteiger partial charge < -0.3 is 15.1 Å². The number of fused-ring (bicyclic) bond motifs is 1. The third-order valence-electron chi connectivity index (χ3n) is 6.94. The quantitative estimate of drug-likeness (QED) is 0.517. The Bertz CT molecular complexity index is 1260. The van der Waals surface area contributed by atoms with Crippen LogP contribution < -0.4 is 5.32 Å². The third kappa shape index (κ3) is 5.62.